The summed E-state index contributed by atoms with van der Waals surface area (Å²) in [5, 5.41) is 3.32. The molecule has 0 fully saturated rings. The zero-order valence-corrected chi connectivity index (χ0v) is 11.6. The Morgan fingerprint density at radius 1 is 1.21 bits per heavy atom. The maximum Gasteiger partial charge on any atom is 0.131 e. The molecule has 1 unspecified atom stereocenters. The molecule has 1 aromatic carbocycles. The summed E-state index contributed by atoms with van der Waals surface area (Å²) in [7, 11) is 0. The van der Waals surface area contributed by atoms with Crippen LogP contribution in [0.4, 0.5) is 4.39 Å². The van der Waals surface area contributed by atoms with E-state index in [-0.39, 0.29) is 11.9 Å². The molecule has 2 nitrogen and oxygen atoms in total. The smallest absolute Gasteiger partial charge is 0.131 e. The van der Waals surface area contributed by atoms with Crippen LogP contribution in [0, 0.1) is 19.7 Å². The normalized spacial score (nSPS) is 12.4. The minimum atomic E-state index is -0.155. The molecule has 0 spiro atoms. The second kappa shape index (κ2) is 5.93. The van der Waals surface area contributed by atoms with Crippen molar-refractivity contribution in [2.24, 2.45) is 0 Å². The largest absolute Gasteiger partial charge is 0.306 e. The topological polar surface area (TPSA) is 24.9 Å². The number of halogens is 1. The van der Waals surface area contributed by atoms with Crippen molar-refractivity contribution in [2.45, 2.75) is 26.8 Å². The highest BCUT2D eigenvalue weighted by atomic mass is 19.1. The molecule has 19 heavy (non-hydrogen) atoms. The molecule has 1 atom stereocenters. The highest BCUT2D eigenvalue weighted by Gasteiger charge is 2.18. The first-order valence-corrected chi connectivity index (χ1v) is 6.54. The van der Waals surface area contributed by atoms with E-state index in [1.807, 2.05) is 44.3 Å². The zero-order chi connectivity index (χ0) is 13.8. The minimum Gasteiger partial charge on any atom is -0.306 e. The van der Waals surface area contributed by atoms with Gasteiger partial charge in [0, 0.05) is 17.5 Å². The van der Waals surface area contributed by atoms with E-state index in [0.29, 0.717) is 11.1 Å². The van der Waals surface area contributed by atoms with Crippen LogP contribution in [0.2, 0.25) is 0 Å². The first-order chi connectivity index (χ1) is 9.13. The molecule has 2 rings (SSSR count). The number of aromatic nitrogens is 1. The highest BCUT2D eigenvalue weighted by Crippen LogP contribution is 2.25. The summed E-state index contributed by atoms with van der Waals surface area (Å²) < 4.78 is 14.3. The van der Waals surface area contributed by atoms with Crippen LogP contribution in [0.15, 0.2) is 36.5 Å². The molecule has 3 heteroatoms. The van der Waals surface area contributed by atoms with Gasteiger partial charge >= 0.3 is 0 Å². The Kier molecular flexibility index (Phi) is 4.27. The lowest BCUT2D eigenvalue weighted by Crippen LogP contribution is -2.23. The number of rotatable bonds is 4. The molecule has 2 aromatic rings. The third-order valence-corrected chi connectivity index (χ3v) is 3.21. The van der Waals surface area contributed by atoms with Gasteiger partial charge < -0.3 is 5.32 Å². The van der Waals surface area contributed by atoms with E-state index >= 15 is 0 Å². The van der Waals surface area contributed by atoms with Gasteiger partial charge in [-0.1, -0.05) is 31.2 Å². The van der Waals surface area contributed by atoms with Gasteiger partial charge in [0.1, 0.15) is 5.82 Å². The Labute approximate surface area is 113 Å². The van der Waals surface area contributed by atoms with Crippen LogP contribution in [0.1, 0.15) is 35.3 Å². The Bertz CT molecular complexity index is 549. The monoisotopic (exact) mass is 258 g/mol. The maximum absolute atomic E-state index is 14.3. The minimum absolute atomic E-state index is 0.144. The fourth-order valence-corrected chi connectivity index (χ4v) is 2.15. The van der Waals surface area contributed by atoms with Crippen LogP contribution in [-0.4, -0.2) is 11.5 Å². The van der Waals surface area contributed by atoms with Gasteiger partial charge in [0.2, 0.25) is 0 Å². The molecule has 1 N–H and O–H groups in total. The van der Waals surface area contributed by atoms with Crippen molar-refractivity contribution in [1.29, 1.82) is 0 Å². The second-order valence-electron chi connectivity index (χ2n) is 4.70. The Balaban J connectivity index is 2.45. The summed E-state index contributed by atoms with van der Waals surface area (Å²) >= 11 is 0. The van der Waals surface area contributed by atoms with Crippen molar-refractivity contribution < 1.29 is 4.39 Å². The lowest BCUT2D eigenvalue weighted by Gasteiger charge is -2.20. The fourth-order valence-electron chi connectivity index (χ4n) is 2.15. The standard InChI is InChI=1S/C16H19FN2/c1-4-18-16(13-9-8-12(3)19-10-13)14-7-5-6-11(2)15(14)17/h5-10,16,18H,4H2,1-3H3. The third kappa shape index (κ3) is 2.99. The van der Waals surface area contributed by atoms with E-state index in [4.69, 9.17) is 0 Å². The van der Waals surface area contributed by atoms with Gasteiger partial charge in [-0.25, -0.2) is 4.39 Å². The summed E-state index contributed by atoms with van der Waals surface area (Å²) in [6.07, 6.45) is 1.81. The molecule has 0 saturated carbocycles. The Morgan fingerprint density at radius 3 is 2.63 bits per heavy atom. The van der Waals surface area contributed by atoms with Gasteiger partial charge in [-0.15, -0.1) is 0 Å². The maximum atomic E-state index is 14.3. The Hall–Kier alpha value is -1.74. The molecule has 100 valence electrons. The van der Waals surface area contributed by atoms with E-state index in [9.17, 15) is 4.39 Å². The predicted octanol–water partition coefficient (Wildman–Crippen LogP) is 3.54. The van der Waals surface area contributed by atoms with Gasteiger partial charge in [0.05, 0.1) is 6.04 Å². The molecule has 0 aliphatic heterocycles. The lowest BCUT2D eigenvalue weighted by atomic mass is 9.97. The lowest BCUT2D eigenvalue weighted by molar-refractivity contribution is 0.552. The molecule has 0 aliphatic rings. The predicted molar refractivity (Wildman–Crippen MR) is 75.6 cm³/mol. The van der Waals surface area contributed by atoms with Gasteiger partial charge in [0.25, 0.3) is 0 Å². The number of pyridine rings is 1. The Morgan fingerprint density at radius 2 is 2.00 bits per heavy atom. The van der Waals surface area contributed by atoms with Crippen molar-refractivity contribution in [3.8, 4) is 0 Å². The van der Waals surface area contributed by atoms with Crippen molar-refractivity contribution in [3.05, 3.63) is 64.7 Å². The molecule has 0 aliphatic carbocycles. The summed E-state index contributed by atoms with van der Waals surface area (Å²) in [5.74, 6) is -0.144. The first kappa shape index (κ1) is 13.7. The van der Waals surface area contributed by atoms with E-state index in [1.54, 1.807) is 13.0 Å². The molecular formula is C16H19FN2. The second-order valence-corrected chi connectivity index (χ2v) is 4.70. The highest BCUT2D eigenvalue weighted by molar-refractivity contribution is 5.34. The fraction of sp³-hybridized carbons (Fsp3) is 0.312. The molecule has 0 saturated heterocycles. The van der Waals surface area contributed by atoms with Gasteiger partial charge in [-0.2, -0.15) is 0 Å². The van der Waals surface area contributed by atoms with Crippen LogP contribution in [0.5, 0.6) is 0 Å². The molecule has 0 amide bonds. The van der Waals surface area contributed by atoms with E-state index in [1.165, 1.54) is 0 Å². The average Bonchev–Trinajstić information content (AvgIpc) is 2.41. The average molecular weight is 258 g/mol. The van der Waals surface area contributed by atoms with Gasteiger partial charge in [-0.05, 0) is 37.6 Å². The molecule has 0 radical (unpaired) electrons. The van der Waals surface area contributed by atoms with E-state index < -0.39 is 0 Å². The van der Waals surface area contributed by atoms with Gasteiger partial charge in [-0.3, -0.25) is 4.98 Å². The van der Waals surface area contributed by atoms with E-state index in [2.05, 4.69) is 10.3 Å². The van der Waals surface area contributed by atoms with Gasteiger partial charge in [0.15, 0.2) is 0 Å². The van der Waals surface area contributed by atoms with Crippen molar-refractivity contribution >= 4 is 0 Å². The number of aryl methyl sites for hydroxylation is 2. The van der Waals surface area contributed by atoms with Crippen LogP contribution in [-0.2, 0) is 0 Å². The van der Waals surface area contributed by atoms with Crippen LogP contribution < -0.4 is 5.32 Å². The number of nitrogens with one attached hydrogen (secondary N) is 1. The third-order valence-electron chi connectivity index (χ3n) is 3.21. The van der Waals surface area contributed by atoms with E-state index in [0.717, 1.165) is 17.8 Å². The van der Waals surface area contributed by atoms with Crippen molar-refractivity contribution in [2.75, 3.05) is 6.54 Å². The summed E-state index contributed by atoms with van der Waals surface area (Å²) in [5.41, 5.74) is 3.29. The molecule has 0 bridgehead atoms. The zero-order valence-electron chi connectivity index (χ0n) is 11.6. The summed E-state index contributed by atoms with van der Waals surface area (Å²) in [6, 6.07) is 9.30. The summed E-state index contributed by atoms with van der Waals surface area (Å²) in [4.78, 5) is 4.30. The SMILES string of the molecule is CCNC(c1ccc(C)nc1)c1cccc(C)c1F. The molecular weight excluding hydrogens is 239 g/mol. The molecule has 1 heterocycles. The van der Waals surface area contributed by atoms with Crippen LogP contribution >= 0.6 is 0 Å². The molecule has 1 aromatic heterocycles. The van der Waals surface area contributed by atoms with Crippen LogP contribution in [0.25, 0.3) is 0 Å². The van der Waals surface area contributed by atoms with Crippen LogP contribution in [0.3, 0.4) is 0 Å². The number of benzene rings is 1. The first-order valence-electron chi connectivity index (χ1n) is 6.54. The quantitative estimate of drug-likeness (QED) is 0.907. The van der Waals surface area contributed by atoms with Crippen molar-refractivity contribution in [3.63, 3.8) is 0 Å². The number of hydrogen-bond donors (Lipinski definition) is 1. The number of nitrogens with zero attached hydrogens (tertiary/aromatic N) is 1. The van der Waals surface area contributed by atoms with Crippen molar-refractivity contribution in [1.82, 2.24) is 10.3 Å². The summed E-state index contributed by atoms with van der Waals surface area (Å²) in [6.45, 7) is 6.52. The number of hydrogen-bond acceptors (Lipinski definition) is 2.